The van der Waals surface area contributed by atoms with Gasteiger partial charge in [-0.25, -0.2) is 0 Å². The van der Waals surface area contributed by atoms with Crippen molar-refractivity contribution in [2.75, 3.05) is 13.2 Å². The van der Waals surface area contributed by atoms with Gasteiger partial charge in [0.25, 0.3) is 5.91 Å². The molecule has 0 radical (unpaired) electrons. The predicted molar refractivity (Wildman–Crippen MR) is 68.5 cm³/mol. The zero-order valence-corrected chi connectivity index (χ0v) is 10.7. The molecule has 0 saturated carbocycles. The summed E-state index contributed by atoms with van der Waals surface area (Å²) in [6, 6.07) is 6.24. The summed E-state index contributed by atoms with van der Waals surface area (Å²) in [7, 11) is 0. The summed E-state index contributed by atoms with van der Waals surface area (Å²) in [6.07, 6.45) is 0. The fourth-order valence-electron chi connectivity index (χ4n) is 1.27. The van der Waals surface area contributed by atoms with Crippen LogP contribution in [0.15, 0.2) is 24.3 Å². The maximum absolute atomic E-state index is 11.7. The summed E-state index contributed by atoms with van der Waals surface area (Å²) in [4.78, 5) is 23.1. The zero-order chi connectivity index (χ0) is 13.5. The van der Waals surface area contributed by atoms with Crippen LogP contribution in [0.1, 0.15) is 17.3 Å². The number of nitrogens with one attached hydrogen (secondary N) is 2. The average Bonchev–Trinajstić information content (AvgIpc) is 2.36. The second-order valence-corrected chi connectivity index (χ2v) is 4.22. The lowest BCUT2D eigenvalue weighted by Crippen LogP contribution is -2.42. The molecule has 0 aliphatic heterocycles. The number of carbonyl (C=O) groups excluding carboxylic acids is 2. The van der Waals surface area contributed by atoms with Crippen LogP contribution in [0.3, 0.4) is 0 Å². The second kappa shape index (κ2) is 6.98. The van der Waals surface area contributed by atoms with Crippen LogP contribution >= 0.6 is 11.6 Å². The highest BCUT2D eigenvalue weighted by Crippen LogP contribution is 2.14. The van der Waals surface area contributed by atoms with Crippen LogP contribution in [-0.4, -0.2) is 36.1 Å². The third-order valence-electron chi connectivity index (χ3n) is 2.21. The number of aliphatic hydroxyl groups is 1. The Bertz CT molecular complexity index is 437. The molecule has 1 atom stereocenters. The van der Waals surface area contributed by atoms with Gasteiger partial charge in [-0.15, -0.1) is 0 Å². The van der Waals surface area contributed by atoms with Crippen LogP contribution < -0.4 is 10.6 Å². The number of aliphatic hydroxyl groups excluding tert-OH is 1. The van der Waals surface area contributed by atoms with E-state index in [2.05, 4.69) is 10.6 Å². The molecular weight excluding hydrogens is 256 g/mol. The predicted octanol–water partition coefficient (Wildman–Crippen LogP) is 0.567. The number of hydrogen-bond acceptors (Lipinski definition) is 3. The minimum Gasteiger partial charge on any atom is -0.394 e. The van der Waals surface area contributed by atoms with Crippen molar-refractivity contribution in [3.05, 3.63) is 34.9 Å². The number of carbonyl (C=O) groups is 2. The van der Waals surface area contributed by atoms with Crippen molar-refractivity contribution in [3.8, 4) is 0 Å². The normalized spacial score (nSPS) is 11.7. The van der Waals surface area contributed by atoms with Crippen molar-refractivity contribution in [1.29, 1.82) is 0 Å². The van der Waals surface area contributed by atoms with Gasteiger partial charge in [-0.1, -0.05) is 23.7 Å². The van der Waals surface area contributed by atoms with E-state index in [-0.39, 0.29) is 25.1 Å². The van der Waals surface area contributed by atoms with Crippen molar-refractivity contribution in [2.24, 2.45) is 0 Å². The quantitative estimate of drug-likeness (QED) is 0.732. The van der Waals surface area contributed by atoms with Crippen LogP contribution in [0.5, 0.6) is 0 Å². The Labute approximate surface area is 110 Å². The fraction of sp³-hybridized carbons (Fsp3) is 0.333. The molecule has 3 N–H and O–H groups in total. The monoisotopic (exact) mass is 270 g/mol. The molecular formula is C12H15ClN2O3. The Kier molecular flexibility index (Phi) is 5.61. The minimum absolute atomic E-state index is 0.149. The molecule has 18 heavy (non-hydrogen) atoms. The van der Waals surface area contributed by atoms with E-state index in [0.717, 1.165) is 0 Å². The van der Waals surface area contributed by atoms with Crippen molar-refractivity contribution in [1.82, 2.24) is 10.6 Å². The third kappa shape index (κ3) is 4.35. The molecule has 1 unspecified atom stereocenters. The van der Waals surface area contributed by atoms with E-state index in [0.29, 0.717) is 10.6 Å². The summed E-state index contributed by atoms with van der Waals surface area (Å²) in [6.45, 7) is 1.35. The minimum atomic E-state index is -0.410. The Morgan fingerprint density at radius 3 is 2.67 bits per heavy atom. The van der Waals surface area contributed by atoms with E-state index in [1.807, 2.05) is 0 Å². The molecule has 0 heterocycles. The van der Waals surface area contributed by atoms with E-state index < -0.39 is 5.91 Å². The Morgan fingerprint density at radius 1 is 1.39 bits per heavy atom. The van der Waals surface area contributed by atoms with Crippen molar-refractivity contribution >= 4 is 23.4 Å². The zero-order valence-electron chi connectivity index (χ0n) is 9.94. The number of amides is 2. The molecule has 1 aromatic rings. The van der Waals surface area contributed by atoms with Gasteiger partial charge in [0.05, 0.1) is 23.7 Å². The highest BCUT2D eigenvalue weighted by Gasteiger charge is 2.11. The molecule has 0 spiro atoms. The largest absolute Gasteiger partial charge is 0.394 e. The Hall–Kier alpha value is -1.59. The van der Waals surface area contributed by atoms with Crippen molar-refractivity contribution in [3.63, 3.8) is 0 Å². The number of rotatable bonds is 5. The fourth-order valence-corrected chi connectivity index (χ4v) is 1.49. The lowest BCUT2D eigenvalue weighted by Gasteiger charge is -2.11. The van der Waals surface area contributed by atoms with Gasteiger partial charge >= 0.3 is 0 Å². The van der Waals surface area contributed by atoms with Gasteiger partial charge in [0.1, 0.15) is 0 Å². The summed E-state index contributed by atoms with van der Waals surface area (Å²) >= 11 is 5.85. The summed E-state index contributed by atoms with van der Waals surface area (Å²) in [5.74, 6) is -0.774. The first-order valence-corrected chi connectivity index (χ1v) is 5.85. The van der Waals surface area contributed by atoms with E-state index >= 15 is 0 Å². The van der Waals surface area contributed by atoms with Crippen LogP contribution in [0, 0.1) is 0 Å². The van der Waals surface area contributed by atoms with Crippen molar-refractivity contribution in [2.45, 2.75) is 13.0 Å². The van der Waals surface area contributed by atoms with Crippen LogP contribution in [0.4, 0.5) is 0 Å². The van der Waals surface area contributed by atoms with Gasteiger partial charge in [-0.05, 0) is 19.1 Å². The van der Waals surface area contributed by atoms with Crippen LogP contribution in [0.25, 0.3) is 0 Å². The smallest absolute Gasteiger partial charge is 0.253 e. The first-order chi connectivity index (χ1) is 8.54. The molecule has 0 fully saturated rings. The lowest BCUT2D eigenvalue weighted by atomic mass is 10.2. The molecule has 0 saturated heterocycles. The van der Waals surface area contributed by atoms with E-state index in [1.165, 1.54) is 0 Å². The molecule has 0 aliphatic rings. The molecule has 1 rings (SSSR count). The molecule has 0 bridgehead atoms. The Balaban J connectivity index is 2.47. The van der Waals surface area contributed by atoms with Gasteiger partial charge < -0.3 is 15.7 Å². The highest BCUT2D eigenvalue weighted by atomic mass is 35.5. The number of benzene rings is 1. The highest BCUT2D eigenvalue weighted by molar-refractivity contribution is 6.33. The van der Waals surface area contributed by atoms with Crippen molar-refractivity contribution < 1.29 is 14.7 Å². The number of hydrogen-bond donors (Lipinski definition) is 3. The maximum Gasteiger partial charge on any atom is 0.253 e. The first-order valence-electron chi connectivity index (χ1n) is 5.47. The molecule has 1 aromatic carbocycles. The second-order valence-electron chi connectivity index (χ2n) is 3.81. The summed E-state index contributed by atoms with van der Waals surface area (Å²) in [5, 5.41) is 14.1. The van der Waals surface area contributed by atoms with E-state index in [9.17, 15) is 9.59 Å². The van der Waals surface area contributed by atoms with Crippen LogP contribution in [0.2, 0.25) is 5.02 Å². The molecule has 0 aliphatic carbocycles. The van der Waals surface area contributed by atoms with Crippen LogP contribution in [-0.2, 0) is 4.79 Å². The molecule has 2 amide bonds. The Morgan fingerprint density at radius 2 is 2.06 bits per heavy atom. The van der Waals surface area contributed by atoms with Gasteiger partial charge in [0, 0.05) is 6.04 Å². The maximum atomic E-state index is 11.7. The lowest BCUT2D eigenvalue weighted by molar-refractivity contribution is -0.121. The molecule has 0 aromatic heterocycles. The summed E-state index contributed by atoms with van der Waals surface area (Å²) in [5.41, 5.74) is 0.321. The topological polar surface area (TPSA) is 78.4 Å². The van der Waals surface area contributed by atoms with E-state index in [4.69, 9.17) is 16.7 Å². The average molecular weight is 271 g/mol. The van der Waals surface area contributed by atoms with Gasteiger partial charge in [0.15, 0.2) is 0 Å². The number of halogens is 1. The standard InChI is InChI=1S/C12H15ClN2O3/c1-8(7-16)15-11(17)6-14-12(18)9-4-2-3-5-10(9)13/h2-5,8,16H,6-7H2,1H3,(H,14,18)(H,15,17). The SMILES string of the molecule is CC(CO)NC(=O)CNC(=O)c1ccccc1Cl. The molecule has 6 heteroatoms. The van der Waals surface area contributed by atoms with E-state index in [1.54, 1.807) is 31.2 Å². The van der Waals surface area contributed by atoms with Gasteiger partial charge in [-0.3, -0.25) is 9.59 Å². The first kappa shape index (κ1) is 14.5. The van der Waals surface area contributed by atoms with Gasteiger partial charge in [0.2, 0.25) is 5.91 Å². The molecule has 98 valence electrons. The third-order valence-corrected chi connectivity index (χ3v) is 2.54. The van der Waals surface area contributed by atoms with Gasteiger partial charge in [-0.2, -0.15) is 0 Å². The molecule has 5 nitrogen and oxygen atoms in total. The summed E-state index contributed by atoms with van der Waals surface area (Å²) < 4.78 is 0.